The van der Waals surface area contributed by atoms with Crippen molar-refractivity contribution in [2.75, 3.05) is 47.3 Å². The molecular weight excluding hydrogens is 210 g/mol. The minimum Gasteiger partial charge on any atom is -0.314 e. The Bertz CT molecular complexity index is 186. The predicted molar refractivity (Wildman–Crippen MR) is 75.5 cm³/mol. The second-order valence-corrected chi connectivity index (χ2v) is 5.95. The van der Waals surface area contributed by atoms with Crippen LogP contribution >= 0.6 is 0 Å². The molecule has 17 heavy (non-hydrogen) atoms. The lowest BCUT2D eigenvalue weighted by Gasteiger charge is -2.33. The van der Waals surface area contributed by atoms with E-state index in [1.807, 2.05) is 0 Å². The highest BCUT2D eigenvalue weighted by Crippen LogP contribution is 2.26. The van der Waals surface area contributed by atoms with Gasteiger partial charge in [-0.1, -0.05) is 6.92 Å². The van der Waals surface area contributed by atoms with Gasteiger partial charge in [0, 0.05) is 32.2 Å². The van der Waals surface area contributed by atoms with Gasteiger partial charge in [0.05, 0.1) is 0 Å². The van der Waals surface area contributed by atoms with E-state index in [0.29, 0.717) is 0 Å². The summed E-state index contributed by atoms with van der Waals surface area (Å²) in [6, 6.07) is 0.835. The van der Waals surface area contributed by atoms with E-state index in [0.717, 1.165) is 31.6 Å². The zero-order valence-electron chi connectivity index (χ0n) is 12.2. The van der Waals surface area contributed by atoms with E-state index in [1.54, 1.807) is 0 Å². The Labute approximate surface area is 108 Å². The summed E-state index contributed by atoms with van der Waals surface area (Å²) in [6.45, 7) is 6.93. The Morgan fingerprint density at radius 2 is 1.53 bits per heavy atom. The van der Waals surface area contributed by atoms with Crippen LogP contribution in [0.4, 0.5) is 0 Å². The molecule has 1 N–H and O–H groups in total. The Morgan fingerprint density at radius 3 is 2.12 bits per heavy atom. The van der Waals surface area contributed by atoms with Crippen molar-refractivity contribution in [1.82, 2.24) is 15.1 Å². The van der Waals surface area contributed by atoms with Crippen LogP contribution in [0.25, 0.3) is 0 Å². The van der Waals surface area contributed by atoms with Gasteiger partial charge in [-0.15, -0.1) is 0 Å². The first-order chi connectivity index (χ1) is 8.09. The van der Waals surface area contributed by atoms with Gasteiger partial charge in [0.15, 0.2) is 0 Å². The van der Waals surface area contributed by atoms with Crippen LogP contribution in [0.1, 0.15) is 32.6 Å². The smallest absolute Gasteiger partial charge is 0.0107 e. The molecule has 0 aliphatic heterocycles. The van der Waals surface area contributed by atoms with E-state index in [9.17, 15) is 0 Å². The Kier molecular flexibility index (Phi) is 7.09. The average Bonchev–Trinajstić information content (AvgIpc) is 2.29. The zero-order valence-corrected chi connectivity index (χ0v) is 12.2. The summed E-state index contributed by atoms with van der Waals surface area (Å²) < 4.78 is 0. The highest BCUT2D eigenvalue weighted by Gasteiger charge is 2.20. The van der Waals surface area contributed by atoms with Gasteiger partial charge in [-0.2, -0.15) is 0 Å². The van der Waals surface area contributed by atoms with Gasteiger partial charge in [-0.05, 0) is 52.7 Å². The van der Waals surface area contributed by atoms with E-state index in [1.165, 1.54) is 32.2 Å². The molecule has 1 fully saturated rings. The van der Waals surface area contributed by atoms with E-state index in [2.05, 4.69) is 43.2 Å². The molecule has 0 atom stereocenters. The molecule has 0 amide bonds. The van der Waals surface area contributed by atoms with Crippen LogP contribution in [-0.2, 0) is 0 Å². The molecule has 0 radical (unpaired) electrons. The maximum absolute atomic E-state index is 3.51. The molecule has 0 aromatic rings. The van der Waals surface area contributed by atoms with Crippen molar-refractivity contribution in [2.45, 2.75) is 38.6 Å². The molecule has 0 bridgehead atoms. The number of nitrogens with one attached hydrogen (secondary N) is 1. The van der Waals surface area contributed by atoms with E-state index >= 15 is 0 Å². The van der Waals surface area contributed by atoms with Crippen molar-refractivity contribution in [2.24, 2.45) is 5.92 Å². The van der Waals surface area contributed by atoms with Gasteiger partial charge in [0.1, 0.15) is 0 Å². The number of nitrogens with zero attached hydrogens (tertiary/aromatic N) is 2. The molecule has 0 aromatic carbocycles. The fourth-order valence-corrected chi connectivity index (χ4v) is 2.55. The maximum Gasteiger partial charge on any atom is 0.0107 e. The fraction of sp³-hybridized carbons (Fsp3) is 1.00. The molecule has 1 rings (SSSR count). The zero-order chi connectivity index (χ0) is 12.7. The van der Waals surface area contributed by atoms with Crippen LogP contribution in [0, 0.1) is 5.92 Å². The fourth-order valence-electron chi connectivity index (χ4n) is 2.55. The lowest BCUT2D eigenvalue weighted by atomic mass is 9.87. The highest BCUT2D eigenvalue weighted by molar-refractivity contribution is 4.76. The molecular formula is C14H31N3. The lowest BCUT2D eigenvalue weighted by Crippen LogP contribution is -2.40. The molecule has 0 unspecified atom stereocenters. The summed E-state index contributed by atoms with van der Waals surface area (Å²) in [5.74, 6) is 0.956. The SMILES string of the molecule is CC1CCC(N(C)CCNCCN(C)C)CC1. The standard InChI is InChI=1S/C14H31N3/c1-13-5-7-14(8-6-13)17(4)12-10-15-9-11-16(2)3/h13-15H,5-12H2,1-4H3. The summed E-state index contributed by atoms with van der Waals surface area (Å²) in [6.07, 6.45) is 5.64. The molecule has 1 saturated carbocycles. The predicted octanol–water partition coefficient (Wildman–Crippen LogP) is 1.65. The van der Waals surface area contributed by atoms with Crippen molar-refractivity contribution < 1.29 is 0 Å². The van der Waals surface area contributed by atoms with Crippen LogP contribution < -0.4 is 5.32 Å². The molecule has 0 heterocycles. The second-order valence-electron chi connectivity index (χ2n) is 5.95. The van der Waals surface area contributed by atoms with E-state index < -0.39 is 0 Å². The minimum absolute atomic E-state index is 0.835. The molecule has 1 aliphatic rings. The van der Waals surface area contributed by atoms with Crippen molar-refractivity contribution in [1.29, 1.82) is 0 Å². The van der Waals surface area contributed by atoms with Crippen LogP contribution in [-0.4, -0.2) is 63.2 Å². The molecule has 1 aliphatic carbocycles. The molecule has 0 spiro atoms. The number of hydrogen-bond donors (Lipinski definition) is 1. The first kappa shape index (κ1) is 14.9. The Hall–Kier alpha value is -0.120. The van der Waals surface area contributed by atoms with Gasteiger partial charge < -0.3 is 15.1 Å². The first-order valence-corrected chi connectivity index (χ1v) is 7.15. The van der Waals surface area contributed by atoms with E-state index in [4.69, 9.17) is 0 Å². The molecule has 3 heteroatoms. The normalized spacial score (nSPS) is 25.8. The van der Waals surface area contributed by atoms with Gasteiger partial charge in [-0.3, -0.25) is 0 Å². The number of hydrogen-bond acceptors (Lipinski definition) is 3. The van der Waals surface area contributed by atoms with E-state index in [-0.39, 0.29) is 0 Å². The first-order valence-electron chi connectivity index (χ1n) is 7.15. The molecule has 102 valence electrons. The largest absolute Gasteiger partial charge is 0.314 e. The third-order valence-corrected chi connectivity index (χ3v) is 3.99. The molecule has 0 saturated heterocycles. The lowest BCUT2D eigenvalue weighted by molar-refractivity contribution is 0.170. The summed E-state index contributed by atoms with van der Waals surface area (Å²) in [5.41, 5.74) is 0. The van der Waals surface area contributed by atoms with Gasteiger partial charge in [0.25, 0.3) is 0 Å². The van der Waals surface area contributed by atoms with Crippen LogP contribution in [0.3, 0.4) is 0 Å². The van der Waals surface area contributed by atoms with Crippen LogP contribution in [0.15, 0.2) is 0 Å². The van der Waals surface area contributed by atoms with Crippen molar-refractivity contribution in [3.05, 3.63) is 0 Å². The second kappa shape index (κ2) is 8.06. The number of rotatable bonds is 7. The summed E-state index contributed by atoms with van der Waals surface area (Å²) in [5, 5.41) is 3.51. The Morgan fingerprint density at radius 1 is 0.941 bits per heavy atom. The topological polar surface area (TPSA) is 18.5 Å². The van der Waals surface area contributed by atoms with Gasteiger partial charge >= 0.3 is 0 Å². The third-order valence-electron chi connectivity index (χ3n) is 3.99. The summed E-state index contributed by atoms with van der Waals surface area (Å²) in [4.78, 5) is 4.77. The quantitative estimate of drug-likeness (QED) is 0.684. The third kappa shape index (κ3) is 6.39. The van der Waals surface area contributed by atoms with Crippen molar-refractivity contribution in [3.8, 4) is 0 Å². The number of likely N-dealkylation sites (N-methyl/N-ethyl adjacent to an activating group) is 2. The average molecular weight is 241 g/mol. The monoisotopic (exact) mass is 241 g/mol. The highest BCUT2D eigenvalue weighted by atomic mass is 15.1. The Balaban J connectivity index is 2.02. The van der Waals surface area contributed by atoms with Gasteiger partial charge in [-0.25, -0.2) is 0 Å². The van der Waals surface area contributed by atoms with Crippen LogP contribution in [0.5, 0.6) is 0 Å². The van der Waals surface area contributed by atoms with Crippen LogP contribution in [0.2, 0.25) is 0 Å². The molecule has 0 aromatic heterocycles. The maximum atomic E-state index is 3.51. The minimum atomic E-state index is 0.835. The van der Waals surface area contributed by atoms with Crippen molar-refractivity contribution in [3.63, 3.8) is 0 Å². The summed E-state index contributed by atoms with van der Waals surface area (Å²) >= 11 is 0. The van der Waals surface area contributed by atoms with Crippen molar-refractivity contribution >= 4 is 0 Å². The summed E-state index contributed by atoms with van der Waals surface area (Å²) in [7, 11) is 6.53. The van der Waals surface area contributed by atoms with Gasteiger partial charge in [0.2, 0.25) is 0 Å². The molecule has 3 nitrogen and oxygen atoms in total.